The summed E-state index contributed by atoms with van der Waals surface area (Å²) in [7, 11) is 0. The molecule has 0 radical (unpaired) electrons. The Balaban J connectivity index is 2.41. The molecule has 1 aromatic carbocycles. The monoisotopic (exact) mass is 264 g/mol. The predicted octanol–water partition coefficient (Wildman–Crippen LogP) is 4.59. The van der Waals surface area contributed by atoms with Crippen molar-refractivity contribution in [3.8, 4) is 0 Å². The minimum Gasteiger partial charge on any atom is -0.299 e. The maximum atomic E-state index is 11.6. The van der Waals surface area contributed by atoms with Crippen molar-refractivity contribution in [3.63, 3.8) is 0 Å². The summed E-state index contributed by atoms with van der Waals surface area (Å²) in [6.07, 6.45) is 1.82. The predicted molar refractivity (Wildman–Crippen MR) is 80.2 cm³/mol. The molecule has 0 atom stereocenters. The van der Waals surface area contributed by atoms with Crippen molar-refractivity contribution in [2.24, 2.45) is 11.8 Å². The van der Waals surface area contributed by atoms with E-state index in [1.54, 1.807) is 11.8 Å². The standard InChI is InChI=1S/C16H24OS/c1-12(2)9-14-5-7-16(8-6-14)18-11-15(17)10-13(3)4/h5-8,12-13H,9-11H2,1-4H3. The fourth-order valence-electron chi connectivity index (χ4n) is 1.87. The number of hydrogen-bond donors (Lipinski definition) is 0. The molecule has 1 nitrogen and oxygen atoms in total. The first kappa shape index (κ1) is 15.3. The van der Waals surface area contributed by atoms with Gasteiger partial charge in [0.05, 0.1) is 5.75 Å². The third-order valence-corrected chi connectivity index (χ3v) is 3.67. The second-order valence-corrected chi connectivity index (χ2v) is 6.72. The Bertz CT molecular complexity index is 365. The van der Waals surface area contributed by atoms with E-state index in [4.69, 9.17) is 0 Å². The van der Waals surface area contributed by atoms with Crippen molar-refractivity contribution in [1.29, 1.82) is 0 Å². The van der Waals surface area contributed by atoms with Gasteiger partial charge in [-0.2, -0.15) is 0 Å². The van der Waals surface area contributed by atoms with Crippen molar-refractivity contribution < 1.29 is 4.79 Å². The highest BCUT2D eigenvalue weighted by molar-refractivity contribution is 8.00. The van der Waals surface area contributed by atoms with Gasteiger partial charge in [0.2, 0.25) is 0 Å². The van der Waals surface area contributed by atoms with Crippen molar-refractivity contribution in [2.75, 3.05) is 5.75 Å². The van der Waals surface area contributed by atoms with E-state index in [1.165, 1.54) is 10.5 Å². The quantitative estimate of drug-likeness (QED) is 0.670. The van der Waals surface area contributed by atoms with Crippen LogP contribution in [-0.2, 0) is 11.2 Å². The Morgan fingerprint density at radius 2 is 1.67 bits per heavy atom. The van der Waals surface area contributed by atoms with Gasteiger partial charge >= 0.3 is 0 Å². The van der Waals surface area contributed by atoms with Gasteiger partial charge in [-0.25, -0.2) is 0 Å². The average molecular weight is 264 g/mol. The van der Waals surface area contributed by atoms with Crippen LogP contribution in [0.3, 0.4) is 0 Å². The molecule has 0 spiro atoms. The summed E-state index contributed by atoms with van der Waals surface area (Å²) in [5.74, 6) is 2.10. The Hall–Kier alpha value is -0.760. The zero-order chi connectivity index (χ0) is 13.5. The molecule has 0 fully saturated rings. The second kappa shape index (κ2) is 7.63. The number of ketones is 1. The molecule has 0 saturated carbocycles. The van der Waals surface area contributed by atoms with Crippen LogP contribution in [0, 0.1) is 11.8 Å². The fourth-order valence-corrected chi connectivity index (χ4v) is 2.65. The van der Waals surface area contributed by atoms with Crippen LogP contribution in [0.15, 0.2) is 29.2 Å². The normalized spacial score (nSPS) is 11.2. The van der Waals surface area contributed by atoms with Crippen LogP contribution < -0.4 is 0 Å². The molecule has 0 aliphatic carbocycles. The van der Waals surface area contributed by atoms with Crippen molar-refractivity contribution >= 4 is 17.5 Å². The summed E-state index contributed by atoms with van der Waals surface area (Å²) >= 11 is 1.65. The molecule has 0 heterocycles. The lowest BCUT2D eigenvalue weighted by molar-refractivity contribution is -0.117. The molecular formula is C16H24OS. The molecule has 0 unspecified atom stereocenters. The molecule has 18 heavy (non-hydrogen) atoms. The molecule has 1 aromatic rings. The first-order valence-electron chi connectivity index (χ1n) is 6.70. The van der Waals surface area contributed by atoms with E-state index < -0.39 is 0 Å². The maximum absolute atomic E-state index is 11.6. The van der Waals surface area contributed by atoms with Crippen LogP contribution in [0.2, 0.25) is 0 Å². The van der Waals surface area contributed by atoms with Gasteiger partial charge in [0, 0.05) is 11.3 Å². The van der Waals surface area contributed by atoms with Crippen LogP contribution in [0.25, 0.3) is 0 Å². The van der Waals surface area contributed by atoms with Gasteiger partial charge in [0.15, 0.2) is 0 Å². The summed E-state index contributed by atoms with van der Waals surface area (Å²) in [5.41, 5.74) is 1.38. The topological polar surface area (TPSA) is 17.1 Å². The molecule has 2 heteroatoms. The lowest BCUT2D eigenvalue weighted by Crippen LogP contribution is -2.05. The van der Waals surface area contributed by atoms with Gasteiger partial charge in [0.25, 0.3) is 0 Å². The highest BCUT2D eigenvalue weighted by atomic mass is 32.2. The van der Waals surface area contributed by atoms with Crippen molar-refractivity contribution in [3.05, 3.63) is 29.8 Å². The summed E-state index contributed by atoms with van der Waals surface area (Å²) in [6, 6.07) is 8.61. The van der Waals surface area contributed by atoms with E-state index in [-0.39, 0.29) is 0 Å². The molecular weight excluding hydrogens is 240 g/mol. The van der Waals surface area contributed by atoms with Crippen LogP contribution in [0.1, 0.15) is 39.7 Å². The van der Waals surface area contributed by atoms with Gasteiger partial charge in [-0.3, -0.25) is 4.79 Å². The molecule has 0 aromatic heterocycles. The fraction of sp³-hybridized carbons (Fsp3) is 0.562. The van der Waals surface area contributed by atoms with Gasteiger partial charge in [-0.05, 0) is 36.0 Å². The largest absolute Gasteiger partial charge is 0.299 e. The van der Waals surface area contributed by atoms with Gasteiger partial charge < -0.3 is 0 Å². The first-order chi connectivity index (χ1) is 8.47. The Labute approximate surface area is 115 Å². The van der Waals surface area contributed by atoms with Crippen molar-refractivity contribution in [1.82, 2.24) is 0 Å². The van der Waals surface area contributed by atoms with E-state index >= 15 is 0 Å². The molecule has 100 valence electrons. The number of carbonyl (C=O) groups excluding carboxylic acids is 1. The number of benzene rings is 1. The molecule has 0 N–H and O–H groups in total. The molecule has 0 bridgehead atoms. The molecule has 1 rings (SSSR count). The van der Waals surface area contributed by atoms with Gasteiger partial charge in [-0.1, -0.05) is 39.8 Å². The first-order valence-corrected chi connectivity index (χ1v) is 7.69. The summed E-state index contributed by atoms with van der Waals surface area (Å²) in [5, 5.41) is 0. The smallest absolute Gasteiger partial charge is 0.143 e. The molecule has 0 aliphatic rings. The Morgan fingerprint density at radius 1 is 1.06 bits per heavy atom. The van der Waals surface area contributed by atoms with Crippen molar-refractivity contribution in [2.45, 2.75) is 45.4 Å². The van der Waals surface area contributed by atoms with E-state index in [1.807, 2.05) is 0 Å². The minimum atomic E-state index is 0.348. The van der Waals surface area contributed by atoms with Gasteiger partial charge in [-0.15, -0.1) is 11.8 Å². The minimum absolute atomic E-state index is 0.348. The van der Waals surface area contributed by atoms with Crippen LogP contribution >= 0.6 is 11.8 Å². The van der Waals surface area contributed by atoms with Crippen LogP contribution in [0.5, 0.6) is 0 Å². The zero-order valence-corrected chi connectivity index (χ0v) is 12.7. The van der Waals surface area contributed by atoms with E-state index in [2.05, 4.69) is 52.0 Å². The average Bonchev–Trinajstić information content (AvgIpc) is 2.26. The molecule has 0 saturated heterocycles. The van der Waals surface area contributed by atoms with E-state index in [9.17, 15) is 4.79 Å². The Kier molecular flexibility index (Phi) is 6.48. The number of thioether (sulfide) groups is 1. The second-order valence-electron chi connectivity index (χ2n) is 5.67. The molecule has 0 amide bonds. The number of hydrogen-bond acceptors (Lipinski definition) is 2. The highest BCUT2D eigenvalue weighted by Gasteiger charge is 2.06. The van der Waals surface area contributed by atoms with Crippen LogP contribution in [0.4, 0.5) is 0 Å². The number of Topliss-reactive ketones (excluding diaryl/α,β-unsaturated/α-hetero) is 1. The SMILES string of the molecule is CC(C)CC(=O)CSc1ccc(CC(C)C)cc1. The Morgan fingerprint density at radius 3 is 2.17 bits per heavy atom. The lowest BCUT2D eigenvalue weighted by Gasteiger charge is -2.07. The third-order valence-electron chi connectivity index (χ3n) is 2.60. The van der Waals surface area contributed by atoms with E-state index in [0.717, 1.165) is 6.42 Å². The molecule has 0 aliphatic heterocycles. The number of rotatable bonds is 7. The third kappa shape index (κ3) is 6.25. The maximum Gasteiger partial charge on any atom is 0.143 e. The zero-order valence-electron chi connectivity index (χ0n) is 11.9. The summed E-state index contributed by atoms with van der Waals surface area (Å²) < 4.78 is 0. The van der Waals surface area contributed by atoms with Crippen LogP contribution in [-0.4, -0.2) is 11.5 Å². The number of carbonyl (C=O) groups is 1. The summed E-state index contributed by atoms with van der Waals surface area (Å²) in [4.78, 5) is 12.8. The van der Waals surface area contributed by atoms with Gasteiger partial charge in [0.1, 0.15) is 5.78 Å². The highest BCUT2D eigenvalue weighted by Crippen LogP contribution is 2.20. The van der Waals surface area contributed by atoms with E-state index in [0.29, 0.717) is 29.8 Å². The summed E-state index contributed by atoms with van der Waals surface area (Å²) in [6.45, 7) is 8.63. The lowest BCUT2D eigenvalue weighted by atomic mass is 10.0.